The lowest BCUT2D eigenvalue weighted by molar-refractivity contribution is 0.0936. The van der Waals surface area contributed by atoms with Crippen molar-refractivity contribution in [1.29, 1.82) is 0 Å². The third-order valence-electron chi connectivity index (χ3n) is 6.22. The van der Waals surface area contributed by atoms with Gasteiger partial charge in [-0.2, -0.15) is 4.31 Å². The molecule has 2 N–H and O–H groups in total. The largest absolute Gasteiger partial charge is 0.453 e. The molecule has 1 saturated carbocycles. The molecule has 3 amide bonds. The molecule has 4 rings (SSSR count). The topological polar surface area (TPSA) is 122 Å². The zero-order valence-corrected chi connectivity index (χ0v) is 20.8. The Labute approximate surface area is 202 Å². The van der Waals surface area contributed by atoms with E-state index in [4.69, 9.17) is 0 Å². The highest BCUT2D eigenvalue weighted by Crippen LogP contribution is 2.40. The van der Waals surface area contributed by atoms with Crippen LogP contribution in [0.1, 0.15) is 57.3 Å². The summed E-state index contributed by atoms with van der Waals surface area (Å²) in [6, 6.07) is 5.76. The molecule has 9 nitrogen and oxygen atoms in total. The minimum absolute atomic E-state index is 0.0371. The van der Waals surface area contributed by atoms with Crippen molar-refractivity contribution in [2.24, 2.45) is 5.92 Å². The number of hydrogen-bond acceptors (Lipinski definition) is 7. The van der Waals surface area contributed by atoms with E-state index in [2.05, 4.69) is 22.3 Å². The first kappa shape index (κ1) is 24.4. The van der Waals surface area contributed by atoms with E-state index in [1.54, 1.807) is 7.05 Å². The molecule has 1 aromatic carbocycles. The number of benzene rings is 1. The van der Waals surface area contributed by atoms with Crippen molar-refractivity contribution >= 4 is 44.3 Å². The number of methoxy groups -OCH3 is 1. The Morgan fingerprint density at radius 3 is 2.38 bits per heavy atom. The Hall–Kier alpha value is -2.76. The molecule has 0 saturated heterocycles. The van der Waals surface area contributed by atoms with Crippen molar-refractivity contribution in [3.63, 3.8) is 0 Å². The molecule has 34 heavy (non-hydrogen) atoms. The number of sulfonamides is 1. The number of imide groups is 1. The maximum Gasteiger partial charge on any atom is 0.413 e. The summed E-state index contributed by atoms with van der Waals surface area (Å²) >= 11 is 1.33. The van der Waals surface area contributed by atoms with Crippen molar-refractivity contribution in [2.75, 3.05) is 19.5 Å². The monoisotopic (exact) mass is 505 g/mol. The van der Waals surface area contributed by atoms with Crippen molar-refractivity contribution in [2.45, 2.75) is 50.0 Å². The van der Waals surface area contributed by atoms with Gasteiger partial charge in [-0.15, -0.1) is 11.3 Å². The first-order valence-electron chi connectivity index (χ1n) is 11.0. The van der Waals surface area contributed by atoms with Crippen LogP contribution in [-0.4, -0.2) is 50.8 Å². The number of fused-ring (bicyclic) bond motifs is 1. The molecule has 0 radical (unpaired) electrons. The van der Waals surface area contributed by atoms with Gasteiger partial charge in [-0.1, -0.05) is 6.92 Å². The normalized spacial score (nSPS) is 17.7. The molecule has 1 heterocycles. The zero-order chi connectivity index (χ0) is 24.6. The molecule has 1 aromatic heterocycles. The minimum atomic E-state index is -3.61. The molecule has 1 unspecified atom stereocenters. The number of alkyl carbamates (subject to hydrolysis) is 1. The van der Waals surface area contributed by atoms with Crippen LogP contribution < -0.4 is 10.6 Å². The summed E-state index contributed by atoms with van der Waals surface area (Å²) in [6.45, 7) is 2.13. The summed E-state index contributed by atoms with van der Waals surface area (Å²) < 4.78 is 31.3. The number of hydrogen-bond donors (Lipinski definition) is 2. The van der Waals surface area contributed by atoms with Crippen LogP contribution in [-0.2, 0) is 27.6 Å². The molecule has 182 valence electrons. The summed E-state index contributed by atoms with van der Waals surface area (Å²) in [4.78, 5) is 38.5. The lowest BCUT2D eigenvalue weighted by Crippen LogP contribution is -2.31. The molecule has 2 aliphatic rings. The Balaban J connectivity index is 1.58. The second kappa shape index (κ2) is 9.47. The van der Waals surface area contributed by atoms with E-state index in [0.29, 0.717) is 17.3 Å². The number of ether oxygens (including phenoxy) is 1. The van der Waals surface area contributed by atoms with Crippen molar-refractivity contribution in [1.82, 2.24) is 9.62 Å². The number of nitrogens with zero attached hydrogens (tertiary/aromatic N) is 1. The summed E-state index contributed by atoms with van der Waals surface area (Å²) in [5.41, 5.74) is 1.37. The standard InChI is InChI=1S/C23H27N3O6S2/c1-13-4-11-17-18(12-13)33-22(19(17)21(28)25-23(29)32-3)24-20(27)14-5-9-16(10-6-14)34(30,31)26(2)15-7-8-15/h5-6,9-10,13,15H,4,7-8,11-12H2,1-3H3,(H,24,27)(H,25,28,29). The van der Waals surface area contributed by atoms with Crippen LogP contribution >= 0.6 is 11.3 Å². The highest BCUT2D eigenvalue weighted by atomic mass is 32.2. The lowest BCUT2D eigenvalue weighted by atomic mass is 9.88. The van der Waals surface area contributed by atoms with Crippen LogP contribution in [0.3, 0.4) is 0 Å². The van der Waals surface area contributed by atoms with Gasteiger partial charge in [-0.3, -0.25) is 14.9 Å². The number of carbonyl (C=O) groups is 3. The molecule has 2 aliphatic carbocycles. The van der Waals surface area contributed by atoms with Gasteiger partial charge < -0.3 is 10.1 Å². The minimum Gasteiger partial charge on any atom is -0.453 e. The first-order chi connectivity index (χ1) is 16.1. The summed E-state index contributed by atoms with van der Waals surface area (Å²) in [5.74, 6) is -0.647. The van der Waals surface area contributed by atoms with Crippen molar-refractivity contribution in [3.8, 4) is 0 Å². The average molecular weight is 506 g/mol. The van der Waals surface area contributed by atoms with E-state index in [1.807, 2.05) is 0 Å². The predicted molar refractivity (Wildman–Crippen MR) is 128 cm³/mol. The lowest BCUT2D eigenvalue weighted by Gasteiger charge is -2.18. The molecule has 0 spiro atoms. The van der Waals surface area contributed by atoms with E-state index in [9.17, 15) is 22.8 Å². The number of rotatable bonds is 6. The van der Waals surface area contributed by atoms with Crippen LogP contribution in [0.5, 0.6) is 0 Å². The van der Waals surface area contributed by atoms with Crippen LogP contribution in [0.15, 0.2) is 29.2 Å². The third-order valence-corrected chi connectivity index (χ3v) is 9.32. The molecular weight excluding hydrogens is 478 g/mol. The average Bonchev–Trinajstić information content (AvgIpc) is 3.59. The molecule has 2 aromatic rings. The summed E-state index contributed by atoms with van der Waals surface area (Å²) in [7, 11) is -0.877. The number of thiophene rings is 1. The second-order valence-electron chi connectivity index (χ2n) is 8.73. The maximum absolute atomic E-state index is 13.0. The van der Waals surface area contributed by atoms with Crippen LogP contribution in [0.2, 0.25) is 0 Å². The van der Waals surface area contributed by atoms with Gasteiger partial charge in [0, 0.05) is 23.5 Å². The van der Waals surface area contributed by atoms with Gasteiger partial charge >= 0.3 is 6.09 Å². The van der Waals surface area contributed by atoms with Crippen molar-refractivity contribution < 1.29 is 27.5 Å². The summed E-state index contributed by atoms with van der Waals surface area (Å²) in [5, 5.41) is 5.32. The smallest absolute Gasteiger partial charge is 0.413 e. The fourth-order valence-electron chi connectivity index (χ4n) is 4.04. The molecule has 0 aliphatic heterocycles. The fourth-order valence-corrected chi connectivity index (χ4v) is 6.86. The van der Waals surface area contributed by atoms with Gasteiger partial charge in [0.1, 0.15) is 5.00 Å². The van der Waals surface area contributed by atoms with E-state index < -0.39 is 27.9 Å². The fraction of sp³-hybridized carbons (Fsp3) is 0.435. The zero-order valence-electron chi connectivity index (χ0n) is 19.2. The van der Waals surface area contributed by atoms with E-state index >= 15 is 0 Å². The molecule has 1 atom stereocenters. The van der Waals surface area contributed by atoms with Gasteiger partial charge in [0.2, 0.25) is 10.0 Å². The van der Waals surface area contributed by atoms with Crippen molar-refractivity contribution in [3.05, 3.63) is 45.8 Å². The van der Waals surface area contributed by atoms with Crippen LogP contribution in [0.4, 0.5) is 9.80 Å². The van der Waals surface area contributed by atoms with Gasteiger partial charge in [0.15, 0.2) is 0 Å². The van der Waals surface area contributed by atoms with Crippen LogP contribution in [0.25, 0.3) is 0 Å². The number of anilines is 1. The van der Waals surface area contributed by atoms with Gasteiger partial charge in [-0.25, -0.2) is 13.2 Å². The Morgan fingerprint density at radius 1 is 1.09 bits per heavy atom. The number of nitrogens with one attached hydrogen (secondary N) is 2. The highest BCUT2D eigenvalue weighted by molar-refractivity contribution is 7.89. The second-order valence-corrected chi connectivity index (χ2v) is 11.8. The quantitative estimate of drug-likeness (QED) is 0.621. The number of amides is 3. The highest BCUT2D eigenvalue weighted by Gasteiger charge is 2.35. The number of carbonyl (C=O) groups excluding carboxylic acids is 3. The van der Waals surface area contributed by atoms with Gasteiger partial charge in [0.25, 0.3) is 11.8 Å². The third kappa shape index (κ3) is 4.86. The molecule has 1 fully saturated rings. The molecule has 11 heteroatoms. The Morgan fingerprint density at radius 2 is 1.76 bits per heavy atom. The maximum atomic E-state index is 13.0. The predicted octanol–water partition coefficient (Wildman–Crippen LogP) is 3.40. The SMILES string of the molecule is COC(=O)NC(=O)c1c(NC(=O)c2ccc(S(=O)(=O)N(C)C3CC3)cc2)sc2c1CCC(C)C2. The van der Waals surface area contributed by atoms with E-state index in [0.717, 1.165) is 36.1 Å². The van der Waals surface area contributed by atoms with Gasteiger partial charge in [0.05, 0.1) is 17.6 Å². The van der Waals surface area contributed by atoms with Gasteiger partial charge in [-0.05, 0) is 67.9 Å². The summed E-state index contributed by atoms with van der Waals surface area (Å²) in [6.07, 6.45) is 3.20. The molecule has 0 bridgehead atoms. The van der Waals surface area contributed by atoms with Crippen LogP contribution in [0, 0.1) is 5.92 Å². The Kier molecular flexibility index (Phi) is 6.79. The van der Waals surface area contributed by atoms with E-state index in [-0.39, 0.29) is 22.1 Å². The Bertz CT molecular complexity index is 1230. The van der Waals surface area contributed by atoms with E-state index in [1.165, 1.54) is 47.0 Å². The first-order valence-corrected chi connectivity index (χ1v) is 13.3. The molecular formula is C23H27N3O6S2.